The highest BCUT2D eigenvalue weighted by atomic mass is 16.4. The maximum atomic E-state index is 12.5. The number of aliphatic carboxylic acids is 1. The van der Waals surface area contributed by atoms with Gasteiger partial charge in [0.1, 0.15) is 5.71 Å². The first kappa shape index (κ1) is 19.9. The molecular formula is C19H28N4O3. The van der Waals surface area contributed by atoms with Crippen molar-refractivity contribution in [3.05, 3.63) is 30.3 Å². The van der Waals surface area contributed by atoms with Crippen molar-refractivity contribution in [3.8, 4) is 0 Å². The largest absolute Gasteiger partial charge is 0.480 e. The van der Waals surface area contributed by atoms with Crippen LogP contribution in [0.3, 0.4) is 0 Å². The van der Waals surface area contributed by atoms with Gasteiger partial charge >= 0.3 is 5.97 Å². The third-order valence-electron chi connectivity index (χ3n) is 4.33. The summed E-state index contributed by atoms with van der Waals surface area (Å²) < 4.78 is 0. The van der Waals surface area contributed by atoms with Gasteiger partial charge in [0.05, 0.1) is 5.69 Å². The molecule has 0 fully saturated rings. The third kappa shape index (κ3) is 5.29. The van der Waals surface area contributed by atoms with Crippen molar-refractivity contribution >= 4 is 23.3 Å². The maximum Gasteiger partial charge on any atom is 0.328 e. The first-order valence-corrected chi connectivity index (χ1v) is 9.06. The topological polar surface area (TPSA) is 85.2 Å². The Hall–Kier alpha value is -2.41. The Labute approximate surface area is 154 Å². The summed E-state index contributed by atoms with van der Waals surface area (Å²) in [6, 6.07) is 8.15. The average Bonchev–Trinajstić information content (AvgIpc) is 3.06. The minimum atomic E-state index is -0.993. The summed E-state index contributed by atoms with van der Waals surface area (Å²) in [5, 5.41) is 18.1. The number of rotatable bonds is 9. The van der Waals surface area contributed by atoms with E-state index in [0.29, 0.717) is 5.69 Å². The highest BCUT2D eigenvalue weighted by molar-refractivity contribution is 6.40. The number of anilines is 1. The molecule has 1 aliphatic heterocycles. The van der Waals surface area contributed by atoms with Crippen LogP contribution < -0.4 is 10.3 Å². The van der Waals surface area contributed by atoms with E-state index in [1.54, 1.807) is 12.1 Å². The molecule has 0 radical (unpaired) electrons. The number of amides is 1. The standard InChI is InChI=1S/C19H28N4O3/c1-4-5-11-22(3)13-14(2)20-18(24)16-12-17(19(25)26)23(21-16)15-9-7-6-8-10-15/h6-10,14,17H,4-5,11-13H2,1-3H3,(H,20,24)(H,25,26)/t14-,17?/m0/s1. The molecule has 0 bridgehead atoms. The number of carbonyl (C=O) groups is 2. The van der Waals surface area contributed by atoms with Gasteiger partial charge in [0.2, 0.25) is 0 Å². The normalized spacial score (nSPS) is 17.9. The molecule has 1 aromatic rings. The predicted octanol–water partition coefficient (Wildman–Crippen LogP) is 1.94. The van der Waals surface area contributed by atoms with Crippen LogP contribution in [-0.2, 0) is 9.59 Å². The van der Waals surface area contributed by atoms with Crippen LogP contribution in [0.2, 0.25) is 0 Å². The molecule has 1 amide bonds. The summed E-state index contributed by atoms with van der Waals surface area (Å²) >= 11 is 0. The molecule has 0 spiro atoms. The lowest BCUT2D eigenvalue weighted by atomic mass is 10.1. The maximum absolute atomic E-state index is 12.5. The van der Waals surface area contributed by atoms with Crippen LogP contribution in [0.15, 0.2) is 35.4 Å². The van der Waals surface area contributed by atoms with E-state index in [4.69, 9.17) is 0 Å². The number of nitrogens with zero attached hydrogens (tertiary/aromatic N) is 3. The van der Waals surface area contributed by atoms with Crippen LogP contribution >= 0.6 is 0 Å². The lowest BCUT2D eigenvalue weighted by molar-refractivity contribution is -0.138. The number of carboxylic acid groups (broad SMARTS) is 1. The van der Waals surface area contributed by atoms with Crippen molar-refractivity contribution in [2.45, 2.75) is 45.2 Å². The Bertz CT molecular complexity index is 647. The minimum absolute atomic E-state index is 0.0406. The molecular weight excluding hydrogens is 332 g/mol. The van der Waals surface area contributed by atoms with Gasteiger partial charge in [-0.15, -0.1) is 0 Å². The lowest BCUT2D eigenvalue weighted by Crippen LogP contribution is -2.43. The van der Waals surface area contributed by atoms with Gasteiger partial charge in [-0.1, -0.05) is 31.5 Å². The van der Waals surface area contributed by atoms with Crippen molar-refractivity contribution in [1.82, 2.24) is 10.2 Å². The van der Waals surface area contributed by atoms with Crippen molar-refractivity contribution in [2.75, 3.05) is 25.1 Å². The number of hydrazone groups is 1. The SMILES string of the molecule is CCCCN(C)C[C@H](C)NC(=O)C1=NN(c2ccccc2)C(C(=O)O)C1. The molecule has 0 aliphatic carbocycles. The average molecular weight is 360 g/mol. The van der Waals surface area contributed by atoms with Gasteiger partial charge in [-0.25, -0.2) is 4.79 Å². The van der Waals surface area contributed by atoms with E-state index in [1.807, 2.05) is 32.2 Å². The van der Waals surface area contributed by atoms with Crippen LogP contribution in [0.25, 0.3) is 0 Å². The molecule has 1 aromatic carbocycles. The molecule has 26 heavy (non-hydrogen) atoms. The Morgan fingerprint density at radius 3 is 2.69 bits per heavy atom. The fraction of sp³-hybridized carbons (Fsp3) is 0.526. The van der Waals surface area contributed by atoms with Crippen LogP contribution in [0.4, 0.5) is 5.69 Å². The molecule has 142 valence electrons. The fourth-order valence-electron chi connectivity index (χ4n) is 3.00. The predicted molar refractivity (Wildman–Crippen MR) is 102 cm³/mol. The number of nitrogens with one attached hydrogen (secondary N) is 1. The van der Waals surface area contributed by atoms with E-state index in [1.165, 1.54) is 5.01 Å². The number of para-hydroxylation sites is 1. The Morgan fingerprint density at radius 2 is 2.08 bits per heavy atom. The summed E-state index contributed by atoms with van der Waals surface area (Å²) in [5.74, 6) is -1.29. The third-order valence-corrected chi connectivity index (χ3v) is 4.33. The van der Waals surface area contributed by atoms with E-state index in [9.17, 15) is 14.7 Å². The quantitative estimate of drug-likeness (QED) is 0.703. The zero-order valence-electron chi connectivity index (χ0n) is 15.7. The number of likely N-dealkylation sites (N-methyl/N-ethyl adjacent to an activating group) is 1. The first-order chi connectivity index (χ1) is 12.4. The smallest absolute Gasteiger partial charge is 0.328 e. The van der Waals surface area contributed by atoms with Crippen molar-refractivity contribution in [1.29, 1.82) is 0 Å². The van der Waals surface area contributed by atoms with Crippen LogP contribution in [0, 0.1) is 0 Å². The molecule has 2 rings (SSSR count). The van der Waals surface area contributed by atoms with E-state index in [-0.39, 0.29) is 24.1 Å². The molecule has 1 unspecified atom stereocenters. The molecule has 0 saturated heterocycles. The van der Waals surface area contributed by atoms with Gasteiger partial charge in [0.15, 0.2) is 6.04 Å². The number of hydrogen-bond acceptors (Lipinski definition) is 5. The van der Waals surface area contributed by atoms with Crippen LogP contribution in [0.1, 0.15) is 33.1 Å². The number of carboxylic acids is 1. The summed E-state index contributed by atoms with van der Waals surface area (Å²) in [6.45, 7) is 5.82. The molecule has 0 saturated carbocycles. The van der Waals surface area contributed by atoms with Gasteiger partial charge in [-0.05, 0) is 39.1 Å². The second kappa shape index (κ2) is 9.33. The molecule has 2 atom stereocenters. The van der Waals surface area contributed by atoms with Gasteiger partial charge in [0.25, 0.3) is 5.91 Å². The Kier molecular flexibility index (Phi) is 7.15. The van der Waals surface area contributed by atoms with Gasteiger partial charge < -0.3 is 15.3 Å². The second-order valence-corrected chi connectivity index (χ2v) is 6.78. The van der Waals surface area contributed by atoms with E-state index in [2.05, 4.69) is 22.2 Å². The Morgan fingerprint density at radius 1 is 1.38 bits per heavy atom. The zero-order valence-corrected chi connectivity index (χ0v) is 15.7. The summed E-state index contributed by atoms with van der Waals surface area (Å²) in [7, 11) is 2.03. The van der Waals surface area contributed by atoms with Crippen molar-refractivity contribution in [2.24, 2.45) is 5.10 Å². The second-order valence-electron chi connectivity index (χ2n) is 6.78. The monoisotopic (exact) mass is 360 g/mol. The minimum Gasteiger partial charge on any atom is -0.480 e. The van der Waals surface area contributed by atoms with Crippen molar-refractivity contribution in [3.63, 3.8) is 0 Å². The zero-order chi connectivity index (χ0) is 19.1. The van der Waals surface area contributed by atoms with Crippen molar-refractivity contribution < 1.29 is 14.7 Å². The molecule has 7 heteroatoms. The number of unbranched alkanes of at least 4 members (excludes halogenated alkanes) is 1. The number of benzene rings is 1. The molecule has 7 nitrogen and oxygen atoms in total. The van der Waals surface area contributed by atoms with Gasteiger partial charge in [-0.2, -0.15) is 5.10 Å². The van der Waals surface area contributed by atoms with Gasteiger partial charge in [-0.3, -0.25) is 9.80 Å². The molecule has 0 aromatic heterocycles. The lowest BCUT2D eigenvalue weighted by Gasteiger charge is -2.21. The first-order valence-electron chi connectivity index (χ1n) is 9.06. The summed E-state index contributed by atoms with van der Waals surface area (Å²) in [4.78, 5) is 26.3. The summed E-state index contributed by atoms with van der Waals surface area (Å²) in [5.41, 5.74) is 0.916. The highest BCUT2D eigenvalue weighted by Gasteiger charge is 2.36. The van der Waals surface area contributed by atoms with Crippen LogP contribution in [-0.4, -0.2) is 59.8 Å². The molecule has 1 heterocycles. The van der Waals surface area contributed by atoms with E-state index >= 15 is 0 Å². The van der Waals surface area contributed by atoms with Gasteiger partial charge in [0, 0.05) is 19.0 Å². The number of carbonyl (C=O) groups excluding carboxylic acids is 1. The summed E-state index contributed by atoms with van der Waals surface area (Å²) in [6.07, 6.45) is 2.35. The molecule has 1 aliphatic rings. The fourth-order valence-corrected chi connectivity index (χ4v) is 3.00. The Balaban J connectivity index is 2.01. The van der Waals surface area contributed by atoms with E-state index < -0.39 is 12.0 Å². The highest BCUT2D eigenvalue weighted by Crippen LogP contribution is 2.24. The molecule has 2 N–H and O–H groups in total. The van der Waals surface area contributed by atoms with Crippen LogP contribution in [0.5, 0.6) is 0 Å². The van der Waals surface area contributed by atoms with E-state index in [0.717, 1.165) is 25.9 Å². The number of hydrogen-bond donors (Lipinski definition) is 2.